The van der Waals surface area contributed by atoms with Gasteiger partial charge in [0.15, 0.2) is 0 Å². The van der Waals surface area contributed by atoms with Gasteiger partial charge in [-0.1, -0.05) is 83.8 Å². The molecule has 3 heteroatoms. The van der Waals surface area contributed by atoms with E-state index in [-0.39, 0.29) is 6.71 Å². The lowest BCUT2D eigenvalue weighted by molar-refractivity contribution is 1.27. The van der Waals surface area contributed by atoms with E-state index in [0.29, 0.717) is 0 Å². The molecule has 6 aromatic carbocycles. The summed E-state index contributed by atoms with van der Waals surface area (Å²) in [7, 11) is 0. The molecule has 2 aliphatic rings. The van der Waals surface area contributed by atoms with Gasteiger partial charge >= 0.3 is 0 Å². The Kier molecular flexibility index (Phi) is 4.98. The molecular weight excluding hydrogens is 525 g/mol. The van der Waals surface area contributed by atoms with E-state index in [0.717, 1.165) is 0 Å². The molecule has 9 rings (SSSR count). The third kappa shape index (κ3) is 3.38. The summed E-state index contributed by atoms with van der Waals surface area (Å²) >= 11 is 1.89. The molecular formula is C39H28BNS. The van der Waals surface area contributed by atoms with Crippen LogP contribution in [0, 0.1) is 20.8 Å². The van der Waals surface area contributed by atoms with E-state index in [1.807, 2.05) is 11.3 Å². The predicted molar refractivity (Wildman–Crippen MR) is 184 cm³/mol. The first-order valence-electron chi connectivity index (χ1n) is 14.7. The highest BCUT2D eigenvalue weighted by Crippen LogP contribution is 2.44. The minimum atomic E-state index is 0.237. The average Bonchev–Trinajstić information content (AvgIpc) is 3.53. The Morgan fingerprint density at radius 1 is 0.524 bits per heavy atom. The standard InChI is InChI=1S/C39H28BNS/c1-23-7-6-8-28(17-23)41-35-19-25(3)12-16-34(35)40-33-15-11-24(2)18-31(33)32-20-27(21-36(41)39(32)40)26-13-14-30-29-9-4-5-10-37(29)42-38(30)22-26/h4-22H,1-3H3. The second-order valence-electron chi connectivity index (χ2n) is 12.0. The maximum absolute atomic E-state index is 2.52. The van der Waals surface area contributed by atoms with Crippen LogP contribution in [0.3, 0.4) is 0 Å². The third-order valence-electron chi connectivity index (χ3n) is 9.21. The summed E-state index contributed by atoms with van der Waals surface area (Å²) in [4.78, 5) is 2.52. The number of hydrogen-bond acceptors (Lipinski definition) is 2. The summed E-state index contributed by atoms with van der Waals surface area (Å²) in [5.74, 6) is 0. The van der Waals surface area contributed by atoms with Crippen molar-refractivity contribution in [2.75, 3.05) is 4.90 Å². The van der Waals surface area contributed by atoms with Crippen molar-refractivity contribution in [3.63, 3.8) is 0 Å². The first-order chi connectivity index (χ1) is 20.5. The molecule has 0 saturated heterocycles. The Bertz CT molecular complexity index is 2260. The van der Waals surface area contributed by atoms with Crippen molar-refractivity contribution in [3.8, 4) is 22.3 Å². The van der Waals surface area contributed by atoms with Crippen LogP contribution in [-0.4, -0.2) is 6.71 Å². The molecule has 42 heavy (non-hydrogen) atoms. The Balaban J connectivity index is 1.36. The topological polar surface area (TPSA) is 3.24 Å². The van der Waals surface area contributed by atoms with E-state index in [9.17, 15) is 0 Å². The first-order valence-corrected chi connectivity index (χ1v) is 15.5. The van der Waals surface area contributed by atoms with Crippen LogP contribution in [0.2, 0.25) is 0 Å². The molecule has 0 saturated carbocycles. The van der Waals surface area contributed by atoms with Gasteiger partial charge < -0.3 is 4.90 Å². The molecule has 198 valence electrons. The lowest BCUT2D eigenvalue weighted by Crippen LogP contribution is -2.54. The lowest BCUT2D eigenvalue weighted by atomic mass is 9.37. The van der Waals surface area contributed by atoms with E-state index >= 15 is 0 Å². The zero-order chi connectivity index (χ0) is 28.1. The van der Waals surface area contributed by atoms with Crippen LogP contribution in [0.25, 0.3) is 42.4 Å². The van der Waals surface area contributed by atoms with Crippen molar-refractivity contribution in [1.29, 1.82) is 0 Å². The fraction of sp³-hybridized carbons (Fsp3) is 0.0769. The van der Waals surface area contributed by atoms with E-state index in [2.05, 4.69) is 141 Å². The van der Waals surface area contributed by atoms with E-state index in [1.165, 1.54) is 92.6 Å². The average molecular weight is 554 g/mol. The van der Waals surface area contributed by atoms with Gasteiger partial charge in [0.1, 0.15) is 0 Å². The van der Waals surface area contributed by atoms with Crippen molar-refractivity contribution < 1.29 is 0 Å². The molecule has 0 bridgehead atoms. The minimum absolute atomic E-state index is 0.237. The van der Waals surface area contributed by atoms with Gasteiger partial charge in [0, 0.05) is 37.2 Å². The van der Waals surface area contributed by atoms with Crippen LogP contribution < -0.4 is 21.3 Å². The van der Waals surface area contributed by atoms with Gasteiger partial charge in [-0.05, 0) is 108 Å². The van der Waals surface area contributed by atoms with Gasteiger partial charge in [0.2, 0.25) is 6.71 Å². The van der Waals surface area contributed by atoms with Gasteiger partial charge in [-0.25, -0.2) is 0 Å². The second kappa shape index (κ2) is 8.70. The molecule has 2 aliphatic heterocycles. The van der Waals surface area contributed by atoms with Crippen LogP contribution in [0.1, 0.15) is 16.7 Å². The fourth-order valence-corrected chi connectivity index (χ4v) is 8.47. The van der Waals surface area contributed by atoms with Gasteiger partial charge in [-0.3, -0.25) is 0 Å². The molecule has 0 spiro atoms. The van der Waals surface area contributed by atoms with Crippen LogP contribution in [0.4, 0.5) is 17.1 Å². The second-order valence-corrected chi connectivity index (χ2v) is 13.1. The maximum atomic E-state index is 2.52. The largest absolute Gasteiger partial charge is 0.311 e. The summed E-state index contributed by atoms with van der Waals surface area (Å²) in [5.41, 5.74) is 17.2. The lowest BCUT2D eigenvalue weighted by Gasteiger charge is -2.36. The van der Waals surface area contributed by atoms with Gasteiger partial charge in [0.25, 0.3) is 0 Å². The molecule has 0 atom stereocenters. The number of benzene rings is 6. The zero-order valence-corrected chi connectivity index (χ0v) is 24.7. The van der Waals surface area contributed by atoms with Crippen molar-refractivity contribution in [1.82, 2.24) is 0 Å². The number of anilines is 3. The number of thiophene rings is 1. The molecule has 0 radical (unpaired) electrons. The quantitative estimate of drug-likeness (QED) is 0.193. The molecule has 1 aromatic heterocycles. The van der Waals surface area contributed by atoms with Gasteiger partial charge in [-0.2, -0.15) is 0 Å². The SMILES string of the molecule is Cc1cccc(N2c3cc(C)ccc3B3c4ccc(C)cc4-c4cc(-c5ccc6c(c5)sc5ccccc56)cc2c43)c1. The Morgan fingerprint density at radius 3 is 2.19 bits per heavy atom. The number of nitrogens with zero attached hydrogens (tertiary/aromatic N) is 1. The Hall–Kier alpha value is -4.60. The highest BCUT2D eigenvalue weighted by atomic mass is 32.1. The summed E-state index contributed by atoms with van der Waals surface area (Å²) in [6.07, 6.45) is 0. The van der Waals surface area contributed by atoms with Crippen LogP contribution in [0.15, 0.2) is 115 Å². The molecule has 0 unspecified atom stereocenters. The number of fused-ring (bicyclic) bond motifs is 8. The fourth-order valence-electron chi connectivity index (χ4n) is 7.32. The number of rotatable bonds is 2. The predicted octanol–water partition coefficient (Wildman–Crippen LogP) is 8.93. The smallest absolute Gasteiger partial charge is 0.248 e. The van der Waals surface area contributed by atoms with Crippen LogP contribution >= 0.6 is 11.3 Å². The van der Waals surface area contributed by atoms with Crippen molar-refractivity contribution in [3.05, 3.63) is 132 Å². The highest BCUT2D eigenvalue weighted by Gasteiger charge is 2.42. The monoisotopic (exact) mass is 553 g/mol. The van der Waals surface area contributed by atoms with E-state index in [1.54, 1.807) is 0 Å². The van der Waals surface area contributed by atoms with Gasteiger partial charge in [0.05, 0.1) is 0 Å². The first kappa shape index (κ1) is 24.0. The maximum Gasteiger partial charge on any atom is 0.248 e. The molecule has 0 amide bonds. The van der Waals surface area contributed by atoms with Gasteiger partial charge in [-0.15, -0.1) is 11.3 Å². The normalized spacial score (nSPS) is 13.0. The molecule has 1 nitrogen and oxygen atoms in total. The third-order valence-corrected chi connectivity index (χ3v) is 10.3. The van der Waals surface area contributed by atoms with E-state index < -0.39 is 0 Å². The van der Waals surface area contributed by atoms with Crippen molar-refractivity contribution in [2.45, 2.75) is 20.8 Å². The summed E-state index contributed by atoms with van der Waals surface area (Å²) in [6, 6.07) is 43.7. The van der Waals surface area contributed by atoms with Crippen LogP contribution in [0.5, 0.6) is 0 Å². The molecule has 0 N–H and O–H groups in total. The minimum Gasteiger partial charge on any atom is -0.311 e. The number of aryl methyl sites for hydroxylation is 3. The summed E-state index contributed by atoms with van der Waals surface area (Å²) in [5, 5.41) is 2.69. The highest BCUT2D eigenvalue weighted by molar-refractivity contribution is 7.25. The van der Waals surface area contributed by atoms with Crippen LogP contribution in [-0.2, 0) is 0 Å². The molecule has 3 heterocycles. The summed E-state index contributed by atoms with van der Waals surface area (Å²) < 4.78 is 2.69. The zero-order valence-electron chi connectivity index (χ0n) is 23.9. The molecule has 0 aliphatic carbocycles. The van der Waals surface area contributed by atoms with Crippen molar-refractivity contribution in [2.24, 2.45) is 0 Å². The Morgan fingerprint density at radius 2 is 1.31 bits per heavy atom. The molecule has 0 fully saturated rings. The number of hydrogen-bond donors (Lipinski definition) is 0. The van der Waals surface area contributed by atoms with E-state index in [4.69, 9.17) is 0 Å². The summed E-state index contributed by atoms with van der Waals surface area (Å²) in [6.45, 7) is 6.84. The molecule has 7 aromatic rings. The Labute approximate surface area is 250 Å². The van der Waals surface area contributed by atoms with Crippen molar-refractivity contribution >= 4 is 71.7 Å².